The maximum Gasteiger partial charge on any atom is 0.191 e. The number of aliphatic imine (C=N–C) groups is 1. The number of halogens is 1. The third kappa shape index (κ3) is 5.72. The molecule has 1 aromatic heterocycles. The molecule has 1 atom stereocenters. The zero-order valence-electron chi connectivity index (χ0n) is 16.4. The van der Waals surface area contributed by atoms with E-state index < -0.39 is 5.60 Å². The summed E-state index contributed by atoms with van der Waals surface area (Å²) < 4.78 is 0. The Kier molecular flexibility index (Phi) is 8.32. The highest BCUT2D eigenvalue weighted by molar-refractivity contribution is 14.0. The number of H-pyrrole nitrogens is 1. The van der Waals surface area contributed by atoms with Crippen LogP contribution in [0.5, 0.6) is 0 Å². The molecule has 0 aliphatic rings. The molecule has 0 spiro atoms. The minimum Gasteiger partial charge on any atom is -0.384 e. The van der Waals surface area contributed by atoms with E-state index in [1.807, 2.05) is 43.3 Å². The lowest BCUT2D eigenvalue weighted by Gasteiger charge is -2.22. The van der Waals surface area contributed by atoms with Gasteiger partial charge in [0.05, 0.1) is 6.54 Å². The van der Waals surface area contributed by atoms with Crippen LogP contribution >= 0.6 is 24.0 Å². The van der Waals surface area contributed by atoms with Gasteiger partial charge in [-0.3, -0.25) is 0 Å². The lowest BCUT2D eigenvalue weighted by atomic mass is 9.96. The Balaban J connectivity index is 0.00000280. The van der Waals surface area contributed by atoms with Gasteiger partial charge in [0.2, 0.25) is 0 Å². The number of nitrogens with zero attached hydrogens (tertiary/aromatic N) is 1. The predicted molar refractivity (Wildman–Crippen MR) is 127 cm³/mol. The zero-order valence-corrected chi connectivity index (χ0v) is 18.7. The third-order valence-corrected chi connectivity index (χ3v) is 4.65. The monoisotopic (exact) mass is 492 g/mol. The molecule has 5 nitrogen and oxygen atoms in total. The van der Waals surface area contributed by atoms with Gasteiger partial charge in [0.15, 0.2) is 5.96 Å². The molecule has 0 amide bonds. The van der Waals surface area contributed by atoms with Crippen LogP contribution < -0.4 is 10.6 Å². The average Bonchev–Trinajstić information content (AvgIpc) is 3.10. The maximum atomic E-state index is 10.7. The van der Waals surface area contributed by atoms with Crippen molar-refractivity contribution in [2.24, 2.45) is 4.99 Å². The molecule has 4 N–H and O–H groups in total. The van der Waals surface area contributed by atoms with Crippen LogP contribution in [0.3, 0.4) is 0 Å². The molecule has 6 heteroatoms. The van der Waals surface area contributed by atoms with Crippen molar-refractivity contribution in [3.63, 3.8) is 0 Å². The third-order valence-electron chi connectivity index (χ3n) is 4.65. The van der Waals surface area contributed by atoms with Gasteiger partial charge in [0, 0.05) is 30.2 Å². The molecule has 0 saturated heterocycles. The van der Waals surface area contributed by atoms with Gasteiger partial charge in [0.1, 0.15) is 5.60 Å². The number of hydrogen-bond donors (Lipinski definition) is 4. The van der Waals surface area contributed by atoms with Crippen molar-refractivity contribution in [3.8, 4) is 0 Å². The molecular formula is C22H29IN4O. The van der Waals surface area contributed by atoms with Crippen molar-refractivity contribution in [3.05, 3.63) is 71.9 Å². The van der Waals surface area contributed by atoms with E-state index >= 15 is 0 Å². The highest BCUT2D eigenvalue weighted by Crippen LogP contribution is 2.20. The molecule has 1 unspecified atom stereocenters. The van der Waals surface area contributed by atoms with Crippen molar-refractivity contribution >= 4 is 40.8 Å². The predicted octanol–water partition coefficient (Wildman–Crippen LogP) is 3.79. The van der Waals surface area contributed by atoms with Crippen LogP contribution in [0.4, 0.5) is 0 Å². The highest BCUT2D eigenvalue weighted by atomic mass is 127. The summed E-state index contributed by atoms with van der Waals surface area (Å²) in [6.07, 6.45) is 2.96. The second-order valence-corrected chi connectivity index (χ2v) is 6.87. The first kappa shape index (κ1) is 22.2. The molecule has 0 bridgehead atoms. The van der Waals surface area contributed by atoms with Crippen LogP contribution in [0, 0.1) is 0 Å². The molecule has 0 saturated carbocycles. The summed E-state index contributed by atoms with van der Waals surface area (Å²) >= 11 is 0. The molecule has 150 valence electrons. The second kappa shape index (κ2) is 10.5. The number of nitrogens with one attached hydrogen (secondary N) is 3. The summed E-state index contributed by atoms with van der Waals surface area (Å²) in [5, 5.41) is 18.6. The van der Waals surface area contributed by atoms with Crippen LogP contribution in [0.25, 0.3) is 10.9 Å². The maximum absolute atomic E-state index is 10.7. The Morgan fingerprint density at radius 2 is 1.79 bits per heavy atom. The Labute approximate surface area is 183 Å². The van der Waals surface area contributed by atoms with E-state index in [4.69, 9.17) is 0 Å². The quantitative estimate of drug-likeness (QED) is 0.231. The molecule has 1 heterocycles. The van der Waals surface area contributed by atoms with Gasteiger partial charge in [-0.2, -0.15) is 0 Å². The van der Waals surface area contributed by atoms with Gasteiger partial charge in [-0.25, -0.2) is 4.99 Å². The van der Waals surface area contributed by atoms with E-state index in [0.717, 1.165) is 30.6 Å². The minimum atomic E-state index is -1.000. The number of fused-ring (bicyclic) bond motifs is 1. The lowest BCUT2D eigenvalue weighted by molar-refractivity contribution is 0.0672. The van der Waals surface area contributed by atoms with Gasteiger partial charge >= 0.3 is 0 Å². The molecule has 28 heavy (non-hydrogen) atoms. The highest BCUT2D eigenvalue weighted by Gasteiger charge is 2.22. The largest absolute Gasteiger partial charge is 0.384 e. The van der Waals surface area contributed by atoms with Crippen LogP contribution in [0.1, 0.15) is 25.0 Å². The van der Waals surface area contributed by atoms with Gasteiger partial charge in [-0.05, 0) is 37.5 Å². The van der Waals surface area contributed by atoms with Crippen molar-refractivity contribution in [1.82, 2.24) is 15.6 Å². The Hall–Kier alpha value is -2.06. The topological polar surface area (TPSA) is 72.4 Å². The molecule has 0 aliphatic heterocycles. The summed E-state index contributed by atoms with van der Waals surface area (Å²) in [6, 6.07) is 18.0. The van der Waals surface area contributed by atoms with Crippen LogP contribution in [0.15, 0.2) is 65.8 Å². The van der Waals surface area contributed by atoms with Crippen molar-refractivity contribution < 1.29 is 5.11 Å². The van der Waals surface area contributed by atoms with Crippen LogP contribution in [-0.2, 0) is 12.0 Å². The Morgan fingerprint density at radius 1 is 1.07 bits per heavy atom. The fraction of sp³-hybridized carbons (Fsp3) is 0.318. The fourth-order valence-corrected chi connectivity index (χ4v) is 3.12. The minimum absolute atomic E-state index is 0. The molecule has 0 fully saturated rings. The van der Waals surface area contributed by atoms with Crippen LogP contribution in [-0.4, -0.2) is 35.7 Å². The number of para-hydroxylation sites is 1. The number of aromatic amines is 1. The molecule has 0 aliphatic carbocycles. The SMILES string of the molecule is CCNC(=NCC(C)(O)c1ccccc1)NCCc1c[nH]c2ccccc12.I. The number of benzene rings is 2. The molecular weight excluding hydrogens is 463 g/mol. The molecule has 3 aromatic rings. The van der Waals surface area contributed by atoms with E-state index in [1.165, 1.54) is 10.9 Å². The second-order valence-electron chi connectivity index (χ2n) is 6.87. The first-order valence-electron chi connectivity index (χ1n) is 9.45. The fourth-order valence-electron chi connectivity index (χ4n) is 3.12. The van der Waals surface area contributed by atoms with Gasteiger partial charge < -0.3 is 20.7 Å². The number of guanidine groups is 1. The summed E-state index contributed by atoms with van der Waals surface area (Å²) in [5.41, 5.74) is 2.31. The Morgan fingerprint density at radius 3 is 2.54 bits per heavy atom. The lowest BCUT2D eigenvalue weighted by Crippen LogP contribution is -2.39. The van der Waals surface area contributed by atoms with Gasteiger partial charge in [-0.15, -0.1) is 24.0 Å². The zero-order chi connectivity index (χ0) is 19.1. The first-order chi connectivity index (χ1) is 13.1. The summed E-state index contributed by atoms with van der Waals surface area (Å²) in [4.78, 5) is 7.89. The number of aliphatic hydroxyl groups is 1. The summed E-state index contributed by atoms with van der Waals surface area (Å²) in [5.74, 6) is 0.716. The van der Waals surface area contributed by atoms with E-state index in [1.54, 1.807) is 6.92 Å². The van der Waals surface area contributed by atoms with Gasteiger partial charge in [-0.1, -0.05) is 48.5 Å². The van der Waals surface area contributed by atoms with Crippen molar-refractivity contribution in [2.45, 2.75) is 25.9 Å². The summed E-state index contributed by atoms with van der Waals surface area (Å²) in [6.45, 7) is 5.65. The van der Waals surface area contributed by atoms with Crippen molar-refractivity contribution in [2.75, 3.05) is 19.6 Å². The molecule has 0 radical (unpaired) electrons. The standard InChI is InChI=1S/C22H28N4O.HI/c1-3-23-21(26-16-22(2,27)18-9-5-4-6-10-18)24-14-13-17-15-25-20-12-8-7-11-19(17)20;/h4-12,15,25,27H,3,13-14,16H2,1-2H3,(H2,23,24,26);1H. The van der Waals surface area contributed by atoms with Gasteiger partial charge in [0.25, 0.3) is 0 Å². The normalized spacial score (nSPS) is 13.6. The number of rotatable bonds is 7. The van der Waals surface area contributed by atoms with E-state index in [9.17, 15) is 5.11 Å². The smallest absolute Gasteiger partial charge is 0.191 e. The molecule has 3 rings (SSSR count). The van der Waals surface area contributed by atoms with Crippen molar-refractivity contribution in [1.29, 1.82) is 0 Å². The first-order valence-corrected chi connectivity index (χ1v) is 9.45. The summed E-state index contributed by atoms with van der Waals surface area (Å²) in [7, 11) is 0. The van der Waals surface area contributed by atoms with E-state index in [2.05, 4.69) is 45.0 Å². The van der Waals surface area contributed by atoms with E-state index in [-0.39, 0.29) is 24.0 Å². The van der Waals surface area contributed by atoms with E-state index in [0.29, 0.717) is 12.5 Å². The molecule has 2 aromatic carbocycles. The average molecular weight is 492 g/mol. The number of hydrogen-bond acceptors (Lipinski definition) is 2. The Bertz CT molecular complexity index is 890. The van der Waals surface area contributed by atoms with Crippen LogP contribution in [0.2, 0.25) is 0 Å². The number of aromatic nitrogens is 1.